The van der Waals surface area contributed by atoms with Crippen LogP contribution in [-0.4, -0.2) is 36.0 Å². The van der Waals surface area contributed by atoms with Crippen molar-refractivity contribution >= 4 is 22.5 Å². The zero-order valence-corrected chi connectivity index (χ0v) is 17.6. The normalized spacial score (nSPS) is 14.2. The minimum absolute atomic E-state index is 0.299. The Labute approximate surface area is 171 Å². The van der Waals surface area contributed by atoms with Crippen LogP contribution in [0, 0.1) is 6.92 Å². The lowest BCUT2D eigenvalue weighted by Crippen LogP contribution is -2.15. The molecule has 1 unspecified atom stereocenters. The quantitative estimate of drug-likeness (QED) is 0.625. The van der Waals surface area contributed by atoms with E-state index in [1.54, 1.807) is 7.11 Å². The number of benzene rings is 1. The third-order valence-electron chi connectivity index (χ3n) is 5.74. The third kappa shape index (κ3) is 3.90. The molecule has 2 aromatic heterocycles. The average Bonchev–Trinajstić information content (AvgIpc) is 2.98. The molecule has 4 rings (SSSR count). The highest BCUT2D eigenvalue weighted by atomic mass is 16.6. The number of hydrogen-bond acceptors (Lipinski definition) is 5. The first-order valence-corrected chi connectivity index (χ1v) is 10.2. The van der Waals surface area contributed by atoms with Crippen molar-refractivity contribution in [3.63, 3.8) is 0 Å². The van der Waals surface area contributed by atoms with E-state index in [9.17, 15) is 0 Å². The summed E-state index contributed by atoms with van der Waals surface area (Å²) < 4.78 is 19.0. The van der Waals surface area contributed by atoms with Gasteiger partial charge in [0.2, 0.25) is 0 Å². The largest absolute Gasteiger partial charge is 0.486 e. The second-order valence-corrected chi connectivity index (χ2v) is 7.49. The molecule has 3 heterocycles. The fraction of sp³-hybridized carbons (Fsp3) is 0.435. The maximum Gasteiger partial charge on any atom is 0.163 e. The number of methoxy groups -OCH3 is 1. The number of nitrogens with one attached hydrogen (secondary N) is 1. The molecule has 6 nitrogen and oxygen atoms in total. The fourth-order valence-electron chi connectivity index (χ4n) is 4.01. The van der Waals surface area contributed by atoms with Gasteiger partial charge in [0.1, 0.15) is 24.7 Å². The van der Waals surface area contributed by atoms with E-state index in [1.165, 1.54) is 16.6 Å². The standard InChI is InChI=1S/C23H29N3O3/c1-5-17(27-4)7-9-19-15(2)18-8-11-22(25-23(18)26(19)3)24-16-6-10-20-21(14-16)29-13-12-28-20/h6,8,10-11,14,17H,5,7,9,12-13H2,1-4H3,(H,24,25). The number of anilines is 2. The predicted molar refractivity (Wildman–Crippen MR) is 116 cm³/mol. The summed E-state index contributed by atoms with van der Waals surface area (Å²) in [6, 6.07) is 10.0. The van der Waals surface area contributed by atoms with Crippen LogP contribution in [0.15, 0.2) is 30.3 Å². The molecule has 1 aliphatic heterocycles. The van der Waals surface area contributed by atoms with Crippen molar-refractivity contribution in [3.05, 3.63) is 41.6 Å². The molecule has 3 aromatic rings. The molecule has 0 saturated heterocycles. The van der Waals surface area contributed by atoms with Gasteiger partial charge in [-0.15, -0.1) is 0 Å². The molecule has 0 amide bonds. The van der Waals surface area contributed by atoms with Crippen LogP contribution in [-0.2, 0) is 18.2 Å². The monoisotopic (exact) mass is 395 g/mol. The Bertz CT molecular complexity index is 1010. The molecular weight excluding hydrogens is 366 g/mol. The molecule has 6 heteroatoms. The zero-order chi connectivity index (χ0) is 20.4. The average molecular weight is 396 g/mol. The number of pyridine rings is 1. The van der Waals surface area contributed by atoms with E-state index in [0.717, 1.165) is 47.9 Å². The number of nitrogens with zero attached hydrogens (tertiary/aromatic N) is 2. The molecule has 1 aliphatic rings. The molecule has 0 fully saturated rings. The van der Waals surface area contributed by atoms with Crippen molar-refractivity contribution in [2.45, 2.75) is 39.2 Å². The van der Waals surface area contributed by atoms with Crippen molar-refractivity contribution in [1.29, 1.82) is 0 Å². The number of aryl methyl sites for hydroxylation is 2. The van der Waals surface area contributed by atoms with E-state index in [0.29, 0.717) is 19.3 Å². The lowest BCUT2D eigenvalue weighted by atomic mass is 10.1. The van der Waals surface area contributed by atoms with Crippen molar-refractivity contribution < 1.29 is 14.2 Å². The number of hydrogen-bond donors (Lipinski definition) is 1. The molecular formula is C23H29N3O3. The topological polar surface area (TPSA) is 57.5 Å². The molecule has 1 N–H and O–H groups in total. The lowest BCUT2D eigenvalue weighted by Gasteiger charge is -2.19. The molecule has 29 heavy (non-hydrogen) atoms. The molecule has 154 valence electrons. The van der Waals surface area contributed by atoms with Crippen molar-refractivity contribution in [2.75, 3.05) is 25.6 Å². The van der Waals surface area contributed by atoms with Gasteiger partial charge in [0.05, 0.1) is 6.10 Å². The zero-order valence-electron chi connectivity index (χ0n) is 17.6. The van der Waals surface area contributed by atoms with Gasteiger partial charge in [0, 0.05) is 37.0 Å². The van der Waals surface area contributed by atoms with Crippen LogP contribution in [0.4, 0.5) is 11.5 Å². The van der Waals surface area contributed by atoms with Gasteiger partial charge in [-0.25, -0.2) is 4.98 Å². The molecule has 1 atom stereocenters. The summed E-state index contributed by atoms with van der Waals surface area (Å²) in [5.41, 5.74) is 4.54. The molecule has 0 radical (unpaired) electrons. The first kappa shape index (κ1) is 19.6. The summed E-state index contributed by atoms with van der Waals surface area (Å²) in [6.45, 7) is 5.52. The minimum atomic E-state index is 0.299. The van der Waals surface area contributed by atoms with Gasteiger partial charge >= 0.3 is 0 Å². The predicted octanol–water partition coefficient (Wildman–Crippen LogP) is 4.75. The SMILES string of the molecule is CCC(CCc1c(C)c2ccc(Nc3ccc4c(c3)OCCO4)nc2n1C)OC. The van der Waals surface area contributed by atoms with Crippen LogP contribution in [0.2, 0.25) is 0 Å². The fourth-order valence-corrected chi connectivity index (χ4v) is 4.01. The van der Waals surface area contributed by atoms with E-state index in [2.05, 4.69) is 36.8 Å². The Hall–Kier alpha value is -2.73. The number of fused-ring (bicyclic) bond motifs is 2. The van der Waals surface area contributed by atoms with Crippen molar-refractivity contribution in [2.24, 2.45) is 7.05 Å². The second kappa shape index (κ2) is 8.33. The van der Waals surface area contributed by atoms with E-state index < -0.39 is 0 Å². The van der Waals surface area contributed by atoms with Crippen LogP contribution in [0.1, 0.15) is 31.0 Å². The molecule has 0 aliphatic carbocycles. The summed E-state index contributed by atoms with van der Waals surface area (Å²) in [4.78, 5) is 4.88. The molecule has 0 bridgehead atoms. The summed E-state index contributed by atoms with van der Waals surface area (Å²) in [5, 5.41) is 4.59. The third-order valence-corrected chi connectivity index (χ3v) is 5.74. The maximum absolute atomic E-state index is 5.68. The van der Waals surface area contributed by atoms with Crippen LogP contribution in [0.25, 0.3) is 11.0 Å². The van der Waals surface area contributed by atoms with E-state index in [4.69, 9.17) is 19.2 Å². The summed E-state index contributed by atoms with van der Waals surface area (Å²) >= 11 is 0. The number of rotatable bonds is 7. The Morgan fingerprint density at radius 2 is 1.97 bits per heavy atom. The van der Waals surface area contributed by atoms with Crippen LogP contribution in [0.3, 0.4) is 0 Å². The summed E-state index contributed by atoms with van der Waals surface area (Å²) in [7, 11) is 3.89. The Morgan fingerprint density at radius 1 is 1.17 bits per heavy atom. The Kier molecular flexibility index (Phi) is 5.62. The first-order valence-electron chi connectivity index (χ1n) is 10.2. The van der Waals surface area contributed by atoms with Gasteiger partial charge in [0.15, 0.2) is 11.5 Å². The van der Waals surface area contributed by atoms with Gasteiger partial charge in [-0.05, 0) is 56.0 Å². The van der Waals surface area contributed by atoms with Crippen LogP contribution >= 0.6 is 0 Å². The van der Waals surface area contributed by atoms with Gasteiger partial charge in [-0.3, -0.25) is 0 Å². The minimum Gasteiger partial charge on any atom is -0.486 e. The number of aromatic nitrogens is 2. The maximum atomic E-state index is 5.68. The van der Waals surface area contributed by atoms with E-state index >= 15 is 0 Å². The highest BCUT2D eigenvalue weighted by Gasteiger charge is 2.16. The first-order chi connectivity index (χ1) is 14.1. The van der Waals surface area contributed by atoms with E-state index in [-0.39, 0.29) is 0 Å². The van der Waals surface area contributed by atoms with Crippen LogP contribution in [0.5, 0.6) is 11.5 Å². The summed E-state index contributed by atoms with van der Waals surface area (Å²) in [5.74, 6) is 2.36. The van der Waals surface area contributed by atoms with Gasteiger partial charge < -0.3 is 24.1 Å². The van der Waals surface area contributed by atoms with Crippen LogP contribution < -0.4 is 14.8 Å². The van der Waals surface area contributed by atoms with Gasteiger partial charge in [-0.1, -0.05) is 6.92 Å². The highest BCUT2D eigenvalue weighted by Crippen LogP contribution is 2.34. The smallest absolute Gasteiger partial charge is 0.163 e. The summed E-state index contributed by atoms with van der Waals surface area (Å²) in [6.07, 6.45) is 3.32. The van der Waals surface area contributed by atoms with Crippen molar-refractivity contribution in [1.82, 2.24) is 9.55 Å². The molecule has 1 aromatic carbocycles. The lowest BCUT2D eigenvalue weighted by molar-refractivity contribution is 0.0921. The number of ether oxygens (including phenoxy) is 3. The van der Waals surface area contributed by atoms with Gasteiger partial charge in [0.25, 0.3) is 0 Å². The van der Waals surface area contributed by atoms with E-state index in [1.807, 2.05) is 24.3 Å². The Balaban J connectivity index is 1.58. The molecule has 0 saturated carbocycles. The van der Waals surface area contributed by atoms with Crippen molar-refractivity contribution in [3.8, 4) is 11.5 Å². The highest BCUT2D eigenvalue weighted by molar-refractivity contribution is 5.84. The molecule has 0 spiro atoms. The Morgan fingerprint density at radius 3 is 2.72 bits per heavy atom. The van der Waals surface area contributed by atoms with Gasteiger partial charge in [-0.2, -0.15) is 0 Å². The second-order valence-electron chi connectivity index (χ2n) is 7.49.